The van der Waals surface area contributed by atoms with Gasteiger partial charge in [-0.2, -0.15) is 0 Å². The van der Waals surface area contributed by atoms with Crippen LogP contribution in [0.2, 0.25) is 0 Å². The minimum Gasteiger partial charge on any atom is -0.453 e. The van der Waals surface area contributed by atoms with Gasteiger partial charge in [-0.25, -0.2) is 4.39 Å². The monoisotopic (exact) mass is 254 g/mol. The summed E-state index contributed by atoms with van der Waals surface area (Å²) in [6.45, 7) is 1.92. The average Bonchev–Trinajstić information content (AvgIpc) is 2.80. The lowest BCUT2D eigenvalue weighted by atomic mass is 10.1. The van der Waals surface area contributed by atoms with Crippen LogP contribution in [0.3, 0.4) is 0 Å². The minimum atomic E-state index is -0.345. The van der Waals surface area contributed by atoms with Gasteiger partial charge in [-0.3, -0.25) is 4.79 Å². The van der Waals surface area contributed by atoms with Crippen LogP contribution in [-0.4, -0.2) is 5.78 Å². The Morgan fingerprint density at radius 1 is 1.11 bits per heavy atom. The van der Waals surface area contributed by atoms with Crippen molar-refractivity contribution in [2.24, 2.45) is 0 Å². The smallest absolute Gasteiger partial charge is 0.228 e. The van der Waals surface area contributed by atoms with E-state index in [4.69, 9.17) is 4.42 Å². The highest BCUT2D eigenvalue weighted by Crippen LogP contribution is 2.22. The van der Waals surface area contributed by atoms with Gasteiger partial charge >= 0.3 is 0 Å². The number of carbonyl (C=O) groups is 1. The second-order valence-corrected chi connectivity index (χ2v) is 4.49. The van der Waals surface area contributed by atoms with E-state index >= 15 is 0 Å². The Kier molecular flexibility index (Phi) is 2.67. The molecule has 0 radical (unpaired) electrons. The second-order valence-electron chi connectivity index (χ2n) is 4.49. The Balaban J connectivity index is 2.06. The van der Waals surface area contributed by atoms with Gasteiger partial charge < -0.3 is 4.42 Å². The molecule has 0 atom stereocenters. The third-order valence-electron chi connectivity index (χ3n) is 2.98. The molecule has 0 aliphatic carbocycles. The predicted molar refractivity (Wildman–Crippen MR) is 70.8 cm³/mol. The van der Waals surface area contributed by atoms with Gasteiger partial charge in [0.15, 0.2) is 5.76 Å². The topological polar surface area (TPSA) is 30.2 Å². The molecule has 1 heterocycles. The summed E-state index contributed by atoms with van der Waals surface area (Å²) < 4.78 is 18.6. The highest BCUT2D eigenvalue weighted by Gasteiger charge is 2.14. The third-order valence-corrected chi connectivity index (χ3v) is 2.98. The number of aryl methyl sites for hydroxylation is 1. The summed E-state index contributed by atoms with van der Waals surface area (Å²) >= 11 is 0. The van der Waals surface area contributed by atoms with E-state index in [2.05, 4.69) is 0 Å². The van der Waals surface area contributed by atoms with E-state index in [0.29, 0.717) is 16.5 Å². The number of hydrogen-bond acceptors (Lipinski definition) is 2. The van der Waals surface area contributed by atoms with E-state index < -0.39 is 0 Å². The van der Waals surface area contributed by atoms with Crippen molar-refractivity contribution >= 4 is 16.8 Å². The molecule has 3 aromatic rings. The quantitative estimate of drug-likeness (QED) is 0.644. The molecule has 0 saturated heterocycles. The Labute approximate surface area is 109 Å². The number of benzene rings is 2. The molecule has 19 heavy (non-hydrogen) atoms. The Bertz CT molecular complexity index is 771. The molecule has 0 unspecified atom stereocenters. The van der Waals surface area contributed by atoms with Gasteiger partial charge in [0.2, 0.25) is 5.78 Å². The van der Waals surface area contributed by atoms with Crippen LogP contribution in [-0.2, 0) is 0 Å². The number of fused-ring (bicyclic) bond motifs is 1. The van der Waals surface area contributed by atoms with Crippen LogP contribution >= 0.6 is 0 Å². The molecule has 0 spiro atoms. The zero-order chi connectivity index (χ0) is 13.4. The summed E-state index contributed by atoms with van der Waals surface area (Å²) in [6, 6.07) is 13.0. The normalized spacial score (nSPS) is 10.8. The molecule has 94 valence electrons. The van der Waals surface area contributed by atoms with Crippen molar-refractivity contribution in [2.75, 3.05) is 0 Å². The molecule has 0 saturated carbocycles. The maximum absolute atomic E-state index is 13.1. The van der Waals surface area contributed by atoms with Crippen molar-refractivity contribution in [3.63, 3.8) is 0 Å². The Morgan fingerprint density at radius 3 is 2.74 bits per heavy atom. The summed E-state index contributed by atoms with van der Waals surface area (Å²) in [5.74, 6) is -0.311. The fourth-order valence-electron chi connectivity index (χ4n) is 2.05. The SMILES string of the molecule is Cc1cccc(C(=O)c2cc3cc(F)ccc3o2)c1. The fraction of sp³-hybridized carbons (Fsp3) is 0.0625. The van der Waals surface area contributed by atoms with E-state index in [9.17, 15) is 9.18 Å². The number of halogens is 1. The zero-order valence-electron chi connectivity index (χ0n) is 10.3. The number of hydrogen-bond donors (Lipinski definition) is 0. The minimum absolute atomic E-state index is 0.194. The fourth-order valence-corrected chi connectivity index (χ4v) is 2.05. The van der Waals surface area contributed by atoms with Crippen molar-refractivity contribution in [1.29, 1.82) is 0 Å². The lowest BCUT2D eigenvalue weighted by Crippen LogP contribution is -1.99. The molecule has 2 nitrogen and oxygen atoms in total. The Morgan fingerprint density at radius 2 is 1.95 bits per heavy atom. The highest BCUT2D eigenvalue weighted by molar-refractivity contribution is 6.09. The summed E-state index contributed by atoms with van der Waals surface area (Å²) in [4.78, 5) is 12.3. The van der Waals surface area contributed by atoms with Gasteiger partial charge in [-0.1, -0.05) is 23.8 Å². The van der Waals surface area contributed by atoms with Crippen LogP contribution in [0.15, 0.2) is 52.9 Å². The number of carbonyl (C=O) groups excluding carboxylic acids is 1. The molecular formula is C16H11FO2. The van der Waals surface area contributed by atoms with Crippen LogP contribution < -0.4 is 0 Å². The van der Waals surface area contributed by atoms with Crippen molar-refractivity contribution in [1.82, 2.24) is 0 Å². The van der Waals surface area contributed by atoms with Crippen molar-refractivity contribution < 1.29 is 13.6 Å². The predicted octanol–water partition coefficient (Wildman–Crippen LogP) is 4.11. The van der Waals surface area contributed by atoms with E-state index in [-0.39, 0.29) is 17.4 Å². The largest absolute Gasteiger partial charge is 0.453 e. The lowest BCUT2D eigenvalue weighted by Gasteiger charge is -1.98. The van der Waals surface area contributed by atoms with Gasteiger partial charge in [0.1, 0.15) is 11.4 Å². The first kappa shape index (κ1) is 11.7. The van der Waals surface area contributed by atoms with Crippen LogP contribution in [0.5, 0.6) is 0 Å². The summed E-state index contributed by atoms with van der Waals surface area (Å²) in [7, 11) is 0. The number of furan rings is 1. The second kappa shape index (κ2) is 4.35. The van der Waals surface area contributed by atoms with Crippen LogP contribution in [0, 0.1) is 12.7 Å². The first-order valence-corrected chi connectivity index (χ1v) is 5.94. The molecule has 2 aromatic carbocycles. The zero-order valence-corrected chi connectivity index (χ0v) is 10.3. The van der Waals surface area contributed by atoms with Crippen molar-refractivity contribution in [3.05, 3.63) is 71.2 Å². The molecule has 3 heteroatoms. The number of ketones is 1. The molecular weight excluding hydrogens is 243 g/mol. The molecule has 3 rings (SSSR count). The van der Waals surface area contributed by atoms with Gasteiger partial charge in [-0.05, 0) is 37.3 Å². The standard InChI is InChI=1S/C16H11FO2/c1-10-3-2-4-11(7-10)16(18)15-9-12-8-13(17)5-6-14(12)19-15/h2-9H,1H3. The summed E-state index contributed by atoms with van der Waals surface area (Å²) in [5.41, 5.74) is 2.09. The molecule has 1 aromatic heterocycles. The Hall–Kier alpha value is -2.42. The molecule has 0 fully saturated rings. The van der Waals surface area contributed by atoms with E-state index in [1.54, 1.807) is 18.2 Å². The van der Waals surface area contributed by atoms with Gasteiger partial charge in [0.25, 0.3) is 0 Å². The maximum atomic E-state index is 13.1. The van der Waals surface area contributed by atoms with Crippen molar-refractivity contribution in [2.45, 2.75) is 6.92 Å². The molecule has 0 aliphatic rings. The molecule has 0 N–H and O–H groups in total. The molecule has 0 bridgehead atoms. The summed E-state index contributed by atoms with van der Waals surface area (Å²) in [5, 5.41) is 0.594. The molecule has 0 aliphatic heterocycles. The first-order valence-electron chi connectivity index (χ1n) is 5.94. The van der Waals surface area contributed by atoms with Gasteiger partial charge in [0.05, 0.1) is 0 Å². The van der Waals surface area contributed by atoms with Crippen LogP contribution in [0.25, 0.3) is 11.0 Å². The first-order chi connectivity index (χ1) is 9.13. The van der Waals surface area contributed by atoms with E-state index in [0.717, 1.165) is 5.56 Å². The third kappa shape index (κ3) is 2.15. The van der Waals surface area contributed by atoms with Crippen LogP contribution in [0.1, 0.15) is 21.7 Å². The number of rotatable bonds is 2. The van der Waals surface area contributed by atoms with E-state index in [1.807, 2.05) is 19.1 Å². The van der Waals surface area contributed by atoms with E-state index in [1.165, 1.54) is 18.2 Å². The van der Waals surface area contributed by atoms with Gasteiger partial charge in [0, 0.05) is 10.9 Å². The highest BCUT2D eigenvalue weighted by atomic mass is 19.1. The lowest BCUT2D eigenvalue weighted by molar-refractivity contribution is 0.101. The average molecular weight is 254 g/mol. The van der Waals surface area contributed by atoms with Crippen molar-refractivity contribution in [3.8, 4) is 0 Å². The summed E-state index contributed by atoms with van der Waals surface area (Å²) in [6.07, 6.45) is 0. The van der Waals surface area contributed by atoms with Gasteiger partial charge in [-0.15, -0.1) is 0 Å². The van der Waals surface area contributed by atoms with Crippen LogP contribution in [0.4, 0.5) is 4.39 Å². The maximum Gasteiger partial charge on any atom is 0.228 e. The molecule has 0 amide bonds.